The van der Waals surface area contributed by atoms with E-state index in [1.165, 1.54) is 0 Å². The average molecular weight is 323 g/mol. The van der Waals surface area contributed by atoms with Crippen LogP contribution in [0.1, 0.15) is 12.0 Å². The first kappa shape index (κ1) is 16.4. The van der Waals surface area contributed by atoms with Crippen LogP contribution < -0.4 is 10.9 Å². The van der Waals surface area contributed by atoms with Crippen molar-refractivity contribution in [1.82, 2.24) is 5.43 Å². The number of nitrogens with zero attached hydrogens (tertiary/aromatic N) is 2. The second kappa shape index (κ2) is 6.67. The number of anilines is 1. The molecule has 0 aliphatic rings. The third-order valence-corrected chi connectivity index (χ3v) is 2.77. The van der Waals surface area contributed by atoms with Crippen molar-refractivity contribution in [3.8, 4) is 6.07 Å². The number of nitriles is 1. The first-order chi connectivity index (χ1) is 9.29. The number of hydrogen-bond donors (Lipinski definition) is 2. The SMILES string of the molecule is [C-]#[N+]C(CC#N)NNc1c(Cl)cc(C(F)(F)F)cc1Cl. The van der Waals surface area contributed by atoms with Gasteiger partial charge >= 0.3 is 12.3 Å². The molecule has 2 N–H and O–H groups in total. The van der Waals surface area contributed by atoms with Crippen molar-refractivity contribution in [3.63, 3.8) is 0 Å². The Kier molecular flexibility index (Phi) is 5.46. The van der Waals surface area contributed by atoms with Crippen molar-refractivity contribution in [1.29, 1.82) is 5.26 Å². The highest BCUT2D eigenvalue weighted by Gasteiger charge is 2.32. The summed E-state index contributed by atoms with van der Waals surface area (Å²) in [5, 5.41) is 7.96. The van der Waals surface area contributed by atoms with Crippen molar-refractivity contribution in [3.05, 3.63) is 39.2 Å². The molecule has 0 aliphatic carbocycles. The van der Waals surface area contributed by atoms with E-state index in [4.69, 9.17) is 35.0 Å². The molecule has 1 aromatic carbocycles. The highest BCUT2D eigenvalue weighted by atomic mass is 35.5. The molecule has 1 unspecified atom stereocenters. The van der Waals surface area contributed by atoms with Gasteiger partial charge in [0.1, 0.15) is 6.42 Å². The molecule has 1 atom stereocenters. The molecular formula is C11H7Cl2F3N4. The van der Waals surface area contributed by atoms with Crippen molar-refractivity contribution in [2.24, 2.45) is 0 Å². The Morgan fingerprint density at radius 3 is 2.30 bits per heavy atom. The van der Waals surface area contributed by atoms with Gasteiger partial charge in [-0.25, -0.2) is 6.57 Å². The van der Waals surface area contributed by atoms with Crippen LogP contribution in [0.2, 0.25) is 10.0 Å². The van der Waals surface area contributed by atoms with E-state index in [0.717, 1.165) is 0 Å². The highest BCUT2D eigenvalue weighted by Crippen LogP contribution is 2.38. The van der Waals surface area contributed by atoms with Crippen LogP contribution in [0.5, 0.6) is 0 Å². The number of alkyl halides is 3. The topological polar surface area (TPSA) is 52.2 Å². The lowest BCUT2D eigenvalue weighted by molar-refractivity contribution is -0.137. The number of hydrazine groups is 1. The molecule has 0 spiro atoms. The van der Waals surface area contributed by atoms with Crippen LogP contribution in [0.15, 0.2) is 12.1 Å². The van der Waals surface area contributed by atoms with Gasteiger partial charge < -0.3 is 5.43 Å². The third-order valence-electron chi connectivity index (χ3n) is 2.17. The molecule has 0 radical (unpaired) electrons. The fraction of sp³-hybridized carbons (Fsp3) is 0.273. The summed E-state index contributed by atoms with van der Waals surface area (Å²) in [6, 6.07) is 3.22. The van der Waals surface area contributed by atoms with Crippen LogP contribution in [-0.2, 0) is 6.18 Å². The van der Waals surface area contributed by atoms with Gasteiger partial charge in [-0.15, -0.1) is 0 Å². The van der Waals surface area contributed by atoms with Crippen molar-refractivity contribution in [2.75, 3.05) is 5.43 Å². The number of halogens is 5. The lowest BCUT2D eigenvalue weighted by atomic mass is 10.2. The fourth-order valence-electron chi connectivity index (χ4n) is 1.23. The molecule has 20 heavy (non-hydrogen) atoms. The summed E-state index contributed by atoms with van der Waals surface area (Å²) in [5.74, 6) is 0. The minimum absolute atomic E-state index is 0.00734. The average Bonchev–Trinajstić information content (AvgIpc) is 2.35. The monoisotopic (exact) mass is 322 g/mol. The molecular weight excluding hydrogens is 316 g/mol. The molecule has 0 aliphatic heterocycles. The molecule has 106 valence electrons. The van der Waals surface area contributed by atoms with Gasteiger partial charge in [0.25, 0.3) is 0 Å². The number of rotatable bonds is 4. The summed E-state index contributed by atoms with van der Waals surface area (Å²) in [4.78, 5) is 3.10. The molecule has 0 bridgehead atoms. The second-order valence-electron chi connectivity index (χ2n) is 3.59. The Balaban J connectivity index is 2.93. The summed E-state index contributed by atoms with van der Waals surface area (Å²) in [6.45, 7) is 6.81. The minimum Gasteiger partial charge on any atom is -0.313 e. The first-order valence-corrected chi connectivity index (χ1v) is 5.86. The Hall–Kier alpha value is -1.67. The molecule has 1 rings (SSSR count). The van der Waals surface area contributed by atoms with Crippen molar-refractivity contribution < 1.29 is 13.2 Å². The summed E-state index contributed by atoms with van der Waals surface area (Å²) in [5.41, 5.74) is 3.93. The maximum atomic E-state index is 12.5. The van der Waals surface area contributed by atoms with Crippen LogP contribution in [0.25, 0.3) is 4.85 Å². The zero-order chi connectivity index (χ0) is 15.3. The van der Waals surface area contributed by atoms with Crippen LogP contribution in [0.3, 0.4) is 0 Å². The van der Waals surface area contributed by atoms with E-state index in [9.17, 15) is 13.2 Å². The normalized spacial score (nSPS) is 12.3. The lowest BCUT2D eigenvalue weighted by Gasteiger charge is -2.14. The number of benzene rings is 1. The number of hydrogen-bond acceptors (Lipinski definition) is 3. The second-order valence-corrected chi connectivity index (χ2v) is 4.40. The van der Waals surface area contributed by atoms with Crippen LogP contribution in [0.4, 0.5) is 18.9 Å². The van der Waals surface area contributed by atoms with Crippen LogP contribution in [-0.4, -0.2) is 6.17 Å². The van der Waals surface area contributed by atoms with E-state index in [0.29, 0.717) is 12.1 Å². The minimum atomic E-state index is -4.56. The Morgan fingerprint density at radius 2 is 1.90 bits per heavy atom. The molecule has 1 aromatic rings. The smallest absolute Gasteiger partial charge is 0.313 e. The molecule has 9 heteroatoms. The Morgan fingerprint density at radius 1 is 1.35 bits per heavy atom. The van der Waals surface area contributed by atoms with Gasteiger partial charge in [-0.1, -0.05) is 23.2 Å². The van der Waals surface area contributed by atoms with E-state index < -0.39 is 17.9 Å². The molecule has 4 nitrogen and oxygen atoms in total. The van der Waals surface area contributed by atoms with E-state index >= 15 is 0 Å². The van der Waals surface area contributed by atoms with Gasteiger partial charge in [0.05, 0.1) is 27.4 Å². The maximum absolute atomic E-state index is 12.5. The lowest BCUT2D eigenvalue weighted by Crippen LogP contribution is -2.31. The summed E-state index contributed by atoms with van der Waals surface area (Å²) < 4.78 is 37.6. The van der Waals surface area contributed by atoms with Gasteiger partial charge in [-0.05, 0) is 12.1 Å². The van der Waals surface area contributed by atoms with Gasteiger partial charge in [0, 0.05) is 0 Å². The predicted octanol–water partition coefficient (Wildman–Crippen LogP) is 4.09. The third kappa shape index (κ3) is 4.17. The standard InChI is InChI=1S/C11H7Cl2F3N4/c1-18-9(2-3-17)19-20-10-7(12)4-6(5-8(10)13)11(14,15)16/h4-5,9,19-20H,2H2. The van der Waals surface area contributed by atoms with Crippen LogP contribution in [0, 0.1) is 17.9 Å². The fourth-order valence-corrected chi connectivity index (χ4v) is 1.81. The molecule has 0 saturated heterocycles. The molecule has 0 aromatic heterocycles. The largest absolute Gasteiger partial charge is 0.416 e. The molecule has 0 fully saturated rings. The van der Waals surface area contributed by atoms with E-state index in [1.54, 1.807) is 6.07 Å². The summed E-state index contributed by atoms with van der Waals surface area (Å²) in [6.07, 6.45) is -5.53. The van der Waals surface area contributed by atoms with Crippen molar-refractivity contribution >= 4 is 28.9 Å². The van der Waals surface area contributed by atoms with Gasteiger partial charge in [0.15, 0.2) is 0 Å². The summed E-state index contributed by atoms with van der Waals surface area (Å²) >= 11 is 11.4. The predicted molar refractivity (Wildman–Crippen MR) is 68.8 cm³/mol. The zero-order valence-electron chi connectivity index (χ0n) is 9.72. The van der Waals surface area contributed by atoms with E-state index in [2.05, 4.69) is 15.7 Å². The molecule has 0 amide bonds. The number of nitrogens with one attached hydrogen (secondary N) is 2. The zero-order valence-corrected chi connectivity index (χ0v) is 11.2. The molecule has 0 heterocycles. The maximum Gasteiger partial charge on any atom is 0.416 e. The van der Waals surface area contributed by atoms with Gasteiger partial charge in [-0.3, -0.25) is 4.85 Å². The van der Waals surface area contributed by atoms with E-state index in [1.807, 2.05) is 0 Å². The summed E-state index contributed by atoms with van der Waals surface area (Å²) in [7, 11) is 0. The van der Waals surface area contributed by atoms with Gasteiger partial charge in [-0.2, -0.15) is 23.9 Å². The first-order valence-electron chi connectivity index (χ1n) is 5.11. The molecule has 0 saturated carbocycles. The van der Waals surface area contributed by atoms with Crippen LogP contribution >= 0.6 is 23.2 Å². The highest BCUT2D eigenvalue weighted by molar-refractivity contribution is 6.39. The van der Waals surface area contributed by atoms with Gasteiger partial charge in [0.2, 0.25) is 0 Å². The Bertz CT molecular complexity index is 551. The van der Waals surface area contributed by atoms with Crippen molar-refractivity contribution in [2.45, 2.75) is 18.8 Å². The quantitative estimate of drug-likeness (QED) is 0.648. The Labute approximate surface area is 122 Å². The van der Waals surface area contributed by atoms with E-state index in [-0.39, 0.29) is 22.2 Å².